The average Bonchev–Trinajstić information content (AvgIpc) is 1.36. The molecule has 0 atom stereocenters. The highest BCUT2D eigenvalue weighted by Crippen LogP contribution is 2.17. The highest BCUT2D eigenvalue weighted by molar-refractivity contribution is 14.2. The largest absolute Gasteiger partial charge is 0.259 e. The summed E-state index contributed by atoms with van der Waals surface area (Å²) in [6.07, 6.45) is -2.17. The van der Waals surface area contributed by atoms with Gasteiger partial charge in [0.15, 0.2) is 0 Å². The van der Waals surface area contributed by atoms with Crippen LogP contribution in [-0.4, -0.2) is 8.36 Å². The molecule has 0 aromatic rings. The predicted molar refractivity (Wildman–Crippen MR) is 37.8 cm³/mol. The fourth-order valence-electron chi connectivity index (χ4n) is 0. The van der Waals surface area contributed by atoms with Crippen molar-refractivity contribution >= 4 is 45.2 Å². The molecule has 6 heavy (non-hydrogen) atoms. The first-order valence-corrected chi connectivity index (χ1v) is 3.70. The molecule has 0 unspecified atom stereocenters. The van der Waals surface area contributed by atoms with E-state index in [0.29, 0.717) is 0 Å². The Kier molecular flexibility index (Phi) is 4.07. The highest BCUT2D eigenvalue weighted by atomic mass is 127. The van der Waals surface area contributed by atoms with Crippen molar-refractivity contribution in [1.29, 1.82) is 0 Å². The fraction of sp³-hybridized carbons (Fsp3) is 1.00. The molecule has 0 saturated carbocycles. The first-order valence-electron chi connectivity index (χ1n) is 1.21. The Morgan fingerprint density at radius 2 is 1.33 bits per heavy atom. The molecule has 0 aromatic carbocycles. The Balaban J connectivity index is 2.99. The van der Waals surface area contributed by atoms with E-state index in [1.165, 1.54) is 0 Å². The van der Waals surface area contributed by atoms with Crippen LogP contribution >= 0.6 is 45.2 Å². The van der Waals surface area contributed by atoms with Crippen LogP contribution in [0.3, 0.4) is 0 Å². The summed E-state index contributed by atoms with van der Waals surface area (Å²) >= 11 is 3.34. The van der Waals surface area contributed by atoms with E-state index in [-0.39, 0.29) is 0 Å². The second-order valence-corrected chi connectivity index (χ2v) is 5.74. The number of rotatable bonds is 1. The molecule has 0 aromatic heterocycles. The molecule has 4 heteroatoms. The highest BCUT2D eigenvalue weighted by Gasteiger charge is 2.09. The van der Waals surface area contributed by atoms with Crippen molar-refractivity contribution in [1.82, 2.24) is 0 Å². The maximum Gasteiger partial charge on any atom is 0.259 e. The van der Waals surface area contributed by atoms with E-state index in [4.69, 9.17) is 0 Å². The quantitative estimate of drug-likeness (QED) is 0.515. The third-order valence-electron chi connectivity index (χ3n) is 0.190. The van der Waals surface area contributed by atoms with Crippen LogP contribution in [-0.2, 0) is 0 Å². The smallest absolute Gasteiger partial charge is 0.208 e. The molecule has 0 saturated heterocycles. The second kappa shape index (κ2) is 3.34. The molecule has 0 aliphatic carbocycles. The van der Waals surface area contributed by atoms with Gasteiger partial charge in [0.25, 0.3) is 6.43 Å². The van der Waals surface area contributed by atoms with Crippen molar-refractivity contribution in [2.75, 3.05) is 0 Å². The lowest BCUT2D eigenvalue weighted by molar-refractivity contribution is 0.175. The lowest BCUT2D eigenvalue weighted by Crippen LogP contribution is -1.97. The Labute approximate surface area is 62.0 Å². The van der Waals surface area contributed by atoms with Gasteiger partial charge < -0.3 is 0 Å². The molecule has 0 aliphatic rings. The molecular formula is C2H2F2I2. The molecule has 0 spiro atoms. The van der Waals surface area contributed by atoms with Gasteiger partial charge in [-0.25, -0.2) is 8.78 Å². The van der Waals surface area contributed by atoms with Gasteiger partial charge in [-0.05, 0) is 0 Å². The number of hydrogen-bond acceptors (Lipinski definition) is 0. The van der Waals surface area contributed by atoms with Crippen LogP contribution < -0.4 is 0 Å². The molecule has 0 amide bonds. The summed E-state index contributed by atoms with van der Waals surface area (Å²) in [6.45, 7) is 0. The van der Waals surface area contributed by atoms with Crippen LogP contribution in [0.15, 0.2) is 0 Å². The lowest BCUT2D eigenvalue weighted by Gasteiger charge is -1.93. The SMILES string of the molecule is FC(F)C(I)I. The van der Waals surface area contributed by atoms with Gasteiger partial charge in [-0.2, -0.15) is 0 Å². The summed E-state index contributed by atoms with van der Waals surface area (Å²) in [6, 6.07) is 0. The zero-order valence-corrected chi connectivity index (χ0v) is 6.98. The van der Waals surface area contributed by atoms with Gasteiger partial charge in [0, 0.05) is 0 Å². The van der Waals surface area contributed by atoms with Gasteiger partial charge in [-0.1, -0.05) is 45.2 Å². The molecule has 0 heterocycles. The zero-order chi connectivity index (χ0) is 5.15. The molecule has 0 nitrogen and oxygen atoms in total. The summed E-state index contributed by atoms with van der Waals surface area (Å²) in [5, 5.41) is 0. The topological polar surface area (TPSA) is 0 Å². The number of hydrogen-bond donors (Lipinski definition) is 0. The monoisotopic (exact) mass is 318 g/mol. The third-order valence-corrected chi connectivity index (χ3v) is 1.28. The summed E-state index contributed by atoms with van der Waals surface area (Å²) in [4.78, 5) is 0. The maximum absolute atomic E-state index is 11.1. The normalized spacial score (nSPS) is 11.0. The minimum absolute atomic E-state index is 0.541. The van der Waals surface area contributed by atoms with E-state index in [1.54, 1.807) is 45.2 Å². The van der Waals surface area contributed by atoms with Crippen molar-refractivity contribution in [2.45, 2.75) is 8.36 Å². The van der Waals surface area contributed by atoms with Gasteiger partial charge in [0.05, 0.1) is 0 Å². The van der Waals surface area contributed by atoms with Gasteiger partial charge >= 0.3 is 0 Å². The van der Waals surface area contributed by atoms with Crippen molar-refractivity contribution in [3.05, 3.63) is 0 Å². The molecular weight excluding hydrogens is 316 g/mol. The van der Waals surface area contributed by atoms with Crippen LogP contribution in [0.1, 0.15) is 0 Å². The molecule has 38 valence electrons. The summed E-state index contributed by atoms with van der Waals surface area (Å²) in [7, 11) is 0. The molecule has 0 N–H and O–H groups in total. The van der Waals surface area contributed by atoms with E-state index in [9.17, 15) is 8.78 Å². The Bertz CT molecular complexity index is 30.5. The first-order chi connectivity index (χ1) is 2.64. The average molecular weight is 318 g/mol. The summed E-state index contributed by atoms with van der Waals surface area (Å²) < 4.78 is 21.7. The first kappa shape index (κ1) is 7.32. The van der Waals surface area contributed by atoms with Crippen LogP contribution in [0, 0.1) is 0 Å². The molecule has 0 bridgehead atoms. The molecule has 0 radical (unpaired) electrons. The van der Waals surface area contributed by atoms with Gasteiger partial charge in [0.2, 0.25) is 0 Å². The van der Waals surface area contributed by atoms with E-state index >= 15 is 0 Å². The van der Waals surface area contributed by atoms with Crippen molar-refractivity contribution in [2.24, 2.45) is 0 Å². The van der Waals surface area contributed by atoms with E-state index in [0.717, 1.165) is 0 Å². The summed E-state index contributed by atoms with van der Waals surface area (Å²) in [5.74, 6) is 0. The van der Waals surface area contributed by atoms with Gasteiger partial charge in [0.1, 0.15) is 1.93 Å². The second-order valence-electron chi connectivity index (χ2n) is 0.669. The van der Waals surface area contributed by atoms with Gasteiger partial charge in [-0.15, -0.1) is 0 Å². The minimum atomic E-state index is -2.17. The Morgan fingerprint density at radius 1 is 1.17 bits per heavy atom. The van der Waals surface area contributed by atoms with E-state index < -0.39 is 8.36 Å². The van der Waals surface area contributed by atoms with Gasteiger partial charge in [-0.3, -0.25) is 0 Å². The van der Waals surface area contributed by atoms with Crippen molar-refractivity contribution < 1.29 is 8.78 Å². The van der Waals surface area contributed by atoms with Crippen molar-refractivity contribution in [3.8, 4) is 0 Å². The minimum Gasteiger partial charge on any atom is -0.208 e. The van der Waals surface area contributed by atoms with Crippen LogP contribution in [0.4, 0.5) is 8.78 Å². The number of halogens is 4. The van der Waals surface area contributed by atoms with Crippen LogP contribution in [0.5, 0.6) is 0 Å². The number of alkyl halides is 4. The molecule has 0 aliphatic heterocycles. The predicted octanol–water partition coefficient (Wildman–Crippen LogP) is 2.45. The van der Waals surface area contributed by atoms with Crippen LogP contribution in [0.2, 0.25) is 0 Å². The zero-order valence-electron chi connectivity index (χ0n) is 2.67. The van der Waals surface area contributed by atoms with Crippen molar-refractivity contribution in [3.63, 3.8) is 0 Å². The summed E-state index contributed by atoms with van der Waals surface area (Å²) in [5.41, 5.74) is 0. The Hall–Kier alpha value is 1.32. The van der Waals surface area contributed by atoms with Crippen LogP contribution in [0.25, 0.3) is 0 Å². The molecule has 0 fully saturated rings. The fourth-order valence-corrected chi connectivity index (χ4v) is 0. The Morgan fingerprint density at radius 3 is 1.33 bits per heavy atom. The standard InChI is InChI=1S/C2H2F2I2/c3-1(4)2(5)6/h1-2H. The van der Waals surface area contributed by atoms with E-state index in [2.05, 4.69) is 0 Å². The lowest BCUT2D eigenvalue weighted by atomic mass is 10.9. The third kappa shape index (κ3) is 3.51. The maximum atomic E-state index is 11.1. The molecule has 0 rings (SSSR count). The van der Waals surface area contributed by atoms with E-state index in [1.807, 2.05) is 0 Å².